The van der Waals surface area contributed by atoms with Gasteiger partial charge >= 0.3 is 5.69 Å². The van der Waals surface area contributed by atoms with E-state index in [9.17, 15) is 10.1 Å². The SMILES string of the molecule is Cc1nn(C)c(OC2CCNC2)c1[N+](=O)[O-]. The highest BCUT2D eigenvalue weighted by Gasteiger charge is 2.28. The zero-order valence-corrected chi connectivity index (χ0v) is 9.27. The molecule has 0 radical (unpaired) electrons. The minimum Gasteiger partial charge on any atom is -0.468 e. The van der Waals surface area contributed by atoms with Crippen molar-refractivity contribution in [2.45, 2.75) is 19.4 Å². The van der Waals surface area contributed by atoms with E-state index >= 15 is 0 Å². The Morgan fingerprint density at radius 2 is 2.44 bits per heavy atom. The highest BCUT2D eigenvalue weighted by molar-refractivity contribution is 5.45. The Labute approximate surface area is 92.5 Å². The summed E-state index contributed by atoms with van der Waals surface area (Å²) in [7, 11) is 1.65. The average Bonchev–Trinajstić information content (AvgIpc) is 2.76. The topological polar surface area (TPSA) is 82.2 Å². The number of nitrogens with zero attached hydrogens (tertiary/aromatic N) is 3. The molecule has 1 N–H and O–H groups in total. The van der Waals surface area contributed by atoms with Crippen LogP contribution in [-0.4, -0.2) is 33.9 Å². The van der Waals surface area contributed by atoms with E-state index in [1.807, 2.05) is 0 Å². The van der Waals surface area contributed by atoms with Crippen LogP contribution < -0.4 is 10.1 Å². The molecule has 0 aromatic carbocycles. The van der Waals surface area contributed by atoms with Gasteiger partial charge in [-0.2, -0.15) is 5.10 Å². The van der Waals surface area contributed by atoms with Crippen LogP contribution in [0.1, 0.15) is 12.1 Å². The van der Waals surface area contributed by atoms with Crippen LogP contribution in [0.5, 0.6) is 5.88 Å². The Kier molecular flexibility index (Phi) is 2.78. The molecule has 7 heteroatoms. The van der Waals surface area contributed by atoms with Gasteiger partial charge in [-0.05, 0) is 19.9 Å². The van der Waals surface area contributed by atoms with Gasteiger partial charge in [0.25, 0.3) is 5.88 Å². The Morgan fingerprint density at radius 1 is 1.69 bits per heavy atom. The second-order valence-corrected chi connectivity index (χ2v) is 3.85. The molecule has 0 bridgehead atoms. The predicted molar refractivity (Wildman–Crippen MR) is 56.5 cm³/mol. The van der Waals surface area contributed by atoms with Gasteiger partial charge in [0.05, 0.1) is 4.92 Å². The van der Waals surface area contributed by atoms with Gasteiger partial charge in [0.15, 0.2) is 0 Å². The molecule has 1 atom stereocenters. The fourth-order valence-corrected chi connectivity index (χ4v) is 1.85. The number of aromatic nitrogens is 2. The van der Waals surface area contributed by atoms with Crippen molar-refractivity contribution in [1.29, 1.82) is 0 Å². The van der Waals surface area contributed by atoms with Crippen LogP contribution in [0.4, 0.5) is 5.69 Å². The maximum absolute atomic E-state index is 10.9. The predicted octanol–water partition coefficient (Wildman–Crippen LogP) is 0.377. The zero-order valence-electron chi connectivity index (χ0n) is 9.27. The summed E-state index contributed by atoms with van der Waals surface area (Å²) >= 11 is 0. The molecule has 2 rings (SSSR count). The number of rotatable bonds is 3. The summed E-state index contributed by atoms with van der Waals surface area (Å²) in [4.78, 5) is 10.4. The molecule has 1 aromatic rings. The molecule has 1 fully saturated rings. The number of hydrogen-bond acceptors (Lipinski definition) is 5. The van der Waals surface area contributed by atoms with Crippen LogP contribution in [-0.2, 0) is 7.05 Å². The van der Waals surface area contributed by atoms with Crippen molar-refractivity contribution in [3.8, 4) is 5.88 Å². The molecular weight excluding hydrogens is 212 g/mol. The third-order valence-electron chi connectivity index (χ3n) is 2.62. The summed E-state index contributed by atoms with van der Waals surface area (Å²) in [6.07, 6.45) is 0.856. The first-order chi connectivity index (χ1) is 7.59. The highest BCUT2D eigenvalue weighted by atomic mass is 16.6. The second kappa shape index (κ2) is 4.09. The molecule has 16 heavy (non-hydrogen) atoms. The normalized spacial score (nSPS) is 20.0. The van der Waals surface area contributed by atoms with Crippen LogP contribution in [0.3, 0.4) is 0 Å². The molecule has 1 aromatic heterocycles. The summed E-state index contributed by atoms with van der Waals surface area (Å²) in [6.45, 7) is 3.22. The molecule has 2 heterocycles. The fourth-order valence-electron chi connectivity index (χ4n) is 1.85. The summed E-state index contributed by atoms with van der Waals surface area (Å²) < 4.78 is 7.04. The summed E-state index contributed by atoms with van der Waals surface area (Å²) in [5.74, 6) is 0.246. The maximum atomic E-state index is 10.9. The zero-order chi connectivity index (χ0) is 11.7. The Morgan fingerprint density at radius 3 is 3.00 bits per heavy atom. The molecule has 1 saturated heterocycles. The first kappa shape index (κ1) is 10.9. The molecule has 1 unspecified atom stereocenters. The lowest BCUT2D eigenvalue weighted by atomic mass is 10.3. The second-order valence-electron chi connectivity index (χ2n) is 3.85. The van der Waals surface area contributed by atoms with Crippen LogP contribution in [0.2, 0.25) is 0 Å². The lowest BCUT2D eigenvalue weighted by molar-refractivity contribution is -0.386. The van der Waals surface area contributed by atoms with E-state index in [-0.39, 0.29) is 17.7 Å². The molecule has 0 saturated carbocycles. The molecule has 0 amide bonds. The molecule has 0 spiro atoms. The Hall–Kier alpha value is -1.63. The third-order valence-corrected chi connectivity index (χ3v) is 2.62. The average molecular weight is 226 g/mol. The van der Waals surface area contributed by atoms with E-state index in [0.717, 1.165) is 19.5 Å². The van der Waals surface area contributed by atoms with Gasteiger partial charge < -0.3 is 10.1 Å². The Bertz CT molecular complexity index is 409. The van der Waals surface area contributed by atoms with E-state index in [2.05, 4.69) is 10.4 Å². The summed E-state index contributed by atoms with van der Waals surface area (Å²) in [5.41, 5.74) is 0.350. The number of nitro groups is 1. The van der Waals surface area contributed by atoms with Crippen LogP contribution in [0.25, 0.3) is 0 Å². The monoisotopic (exact) mass is 226 g/mol. The van der Waals surface area contributed by atoms with E-state index in [0.29, 0.717) is 5.69 Å². The van der Waals surface area contributed by atoms with Crippen molar-refractivity contribution in [3.05, 3.63) is 15.8 Å². The van der Waals surface area contributed by atoms with Crippen LogP contribution in [0, 0.1) is 17.0 Å². The van der Waals surface area contributed by atoms with Gasteiger partial charge in [-0.25, -0.2) is 4.68 Å². The quantitative estimate of drug-likeness (QED) is 0.595. The molecular formula is C9H14N4O3. The molecule has 1 aliphatic heterocycles. The number of ether oxygens (including phenoxy) is 1. The summed E-state index contributed by atoms with van der Waals surface area (Å²) in [6, 6.07) is 0. The lowest BCUT2D eigenvalue weighted by Gasteiger charge is -2.11. The first-order valence-corrected chi connectivity index (χ1v) is 5.15. The molecule has 88 valence electrons. The van der Waals surface area contributed by atoms with Crippen molar-refractivity contribution in [2.75, 3.05) is 13.1 Å². The minimum absolute atomic E-state index is 0.00602. The van der Waals surface area contributed by atoms with Crippen molar-refractivity contribution >= 4 is 5.69 Å². The van der Waals surface area contributed by atoms with Crippen molar-refractivity contribution in [1.82, 2.24) is 15.1 Å². The number of nitrogens with one attached hydrogen (secondary N) is 1. The van der Waals surface area contributed by atoms with Crippen LogP contribution in [0.15, 0.2) is 0 Å². The molecule has 7 nitrogen and oxygen atoms in total. The minimum atomic E-state index is -0.444. The van der Waals surface area contributed by atoms with Gasteiger partial charge in [0.2, 0.25) is 0 Å². The van der Waals surface area contributed by atoms with E-state index in [4.69, 9.17) is 4.74 Å². The number of hydrogen-bond donors (Lipinski definition) is 1. The smallest absolute Gasteiger partial charge is 0.353 e. The van der Waals surface area contributed by atoms with E-state index in [1.54, 1.807) is 14.0 Å². The molecule has 1 aliphatic rings. The first-order valence-electron chi connectivity index (χ1n) is 5.15. The van der Waals surface area contributed by atoms with E-state index < -0.39 is 4.92 Å². The van der Waals surface area contributed by atoms with E-state index in [1.165, 1.54) is 4.68 Å². The van der Waals surface area contributed by atoms with Gasteiger partial charge in [0.1, 0.15) is 11.8 Å². The number of aryl methyl sites for hydroxylation is 2. The van der Waals surface area contributed by atoms with Crippen molar-refractivity contribution in [2.24, 2.45) is 7.05 Å². The Balaban J connectivity index is 2.27. The standard InChI is InChI=1S/C9H14N4O3/c1-6-8(13(14)15)9(12(2)11-6)16-7-3-4-10-5-7/h7,10H,3-5H2,1-2H3. The largest absolute Gasteiger partial charge is 0.468 e. The summed E-state index contributed by atoms with van der Waals surface area (Å²) in [5, 5.41) is 18.0. The third kappa shape index (κ3) is 1.85. The van der Waals surface area contributed by atoms with Gasteiger partial charge in [-0.1, -0.05) is 0 Å². The fraction of sp³-hybridized carbons (Fsp3) is 0.667. The van der Waals surface area contributed by atoms with Crippen molar-refractivity contribution < 1.29 is 9.66 Å². The van der Waals surface area contributed by atoms with Crippen molar-refractivity contribution in [3.63, 3.8) is 0 Å². The highest BCUT2D eigenvalue weighted by Crippen LogP contribution is 2.30. The van der Waals surface area contributed by atoms with Crippen LogP contribution >= 0.6 is 0 Å². The van der Waals surface area contributed by atoms with Gasteiger partial charge in [0, 0.05) is 13.6 Å². The lowest BCUT2D eigenvalue weighted by Crippen LogP contribution is -2.21. The van der Waals surface area contributed by atoms with Gasteiger partial charge in [-0.15, -0.1) is 0 Å². The maximum Gasteiger partial charge on any atom is 0.353 e. The molecule has 0 aliphatic carbocycles. The van der Waals surface area contributed by atoms with Gasteiger partial charge in [-0.3, -0.25) is 10.1 Å².